The van der Waals surface area contributed by atoms with Crippen LogP contribution in [0.15, 0.2) is 29.6 Å². The molecule has 2 heterocycles. The highest BCUT2D eigenvalue weighted by atomic mass is 32.2. The molecule has 0 aliphatic heterocycles. The van der Waals surface area contributed by atoms with E-state index in [1.54, 1.807) is 11.8 Å². The van der Waals surface area contributed by atoms with E-state index in [-0.39, 0.29) is 12.5 Å². The molecule has 6 heteroatoms. The Kier molecular flexibility index (Phi) is 4.69. The first-order valence-corrected chi connectivity index (χ1v) is 8.91. The minimum atomic E-state index is 0.0180. The zero-order valence-electron chi connectivity index (χ0n) is 12.7. The zero-order valence-corrected chi connectivity index (χ0v) is 13.6. The molecule has 0 aromatic carbocycles. The van der Waals surface area contributed by atoms with Crippen LogP contribution in [0.5, 0.6) is 0 Å². The molecule has 0 radical (unpaired) electrons. The second kappa shape index (κ2) is 6.71. The number of carbonyl (C=O) groups is 1. The van der Waals surface area contributed by atoms with Crippen molar-refractivity contribution in [2.24, 2.45) is 0 Å². The topological polar surface area (TPSA) is 57.8 Å². The summed E-state index contributed by atoms with van der Waals surface area (Å²) < 4.78 is 1.97. The largest absolute Gasteiger partial charge is 0.396 e. The van der Waals surface area contributed by atoms with E-state index in [1.807, 2.05) is 40.0 Å². The highest BCUT2D eigenvalue weighted by Crippen LogP contribution is 2.30. The normalized spacial score (nSPS) is 14.5. The molecule has 1 aliphatic rings. The monoisotopic (exact) mass is 319 g/mol. The minimum Gasteiger partial charge on any atom is -0.396 e. The van der Waals surface area contributed by atoms with Crippen LogP contribution in [0.2, 0.25) is 0 Å². The van der Waals surface area contributed by atoms with Crippen molar-refractivity contribution in [2.75, 3.05) is 19.4 Å². The summed E-state index contributed by atoms with van der Waals surface area (Å²) in [5.74, 6) is 0.0180. The van der Waals surface area contributed by atoms with Crippen LogP contribution in [-0.2, 0) is 0 Å². The van der Waals surface area contributed by atoms with Gasteiger partial charge in [-0.2, -0.15) is 0 Å². The third-order valence-electron chi connectivity index (χ3n) is 3.96. The number of pyridine rings is 1. The predicted molar refractivity (Wildman–Crippen MR) is 87.4 cm³/mol. The molecule has 118 valence electrons. The molecule has 1 amide bonds. The third-order valence-corrected chi connectivity index (χ3v) is 4.61. The van der Waals surface area contributed by atoms with E-state index >= 15 is 0 Å². The molecule has 1 saturated carbocycles. The maximum absolute atomic E-state index is 12.9. The molecule has 22 heavy (non-hydrogen) atoms. The molecule has 0 unspecified atom stereocenters. The summed E-state index contributed by atoms with van der Waals surface area (Å²) in [6, 6.07) is 6.18. The number of aliphatic hydroxyl groups excluding tert-OH is 1. The van der Waals surface area contributed by atoms with Gasteiger partial charge in [-0.05, 0) is 44.1 Å². The molecule has 2 aromatic rings. The molecule has 1 N–H and O–H groups in total. The number of fused-ring (bicyclic) bond motifs is 1. The number of nitrogens with zero attached hydrogens (tertiary/aromatic N) is 3. The lowest BCUT2D eigenvalue weighted by atomic mass is 10.2. The molecule has 1 fully saturated rings. The summed E-state index contributed by atoms with van der Waals surface area (Å²) in [5, 5.41) is 9.78. The van der Waals surface area contributed by atoms with E-state index in [1.165, 1.54) is 0 Å². The van der Waals surface area contributed by atoms with Gasteiger partial charge in [0.1, 0.15) is 0 Å². The average Bonchev–Trinajstić information content (AvgIpc) is 3.31. The van der Waals surface area contributed by atoms with Gasteiger partial charge in [0.15, 0.2) is 10.9 Å². The Morgan fingerprint density at radius 2 is 2.27 bits per heavy atom. The molecule has 5 nitrogen and oxygen atoms in total. The van der Waals surface area contributed by atoms with Crippen molar-refractivity contribution in [3.8, 4) is 0 Å². The lowest BCUT2D eigenvalue weighted by Crippen LogP contribution is -2.34. The van der Waals surface area contributed by atoms with Crippen molar-refractivity contribution >= 4 is 23.2 Å². The summed E-state index contributed by atoms with van der Waals surface area (Å²) in [4.78, 5) is 19.4. The second-order valence-electron chi connectivity index (χ2n) is 5.56. The highest BCUT2D eigenvalue weighted by molar-refractivity contribution is 7.98. The van der Waals surface area contributed by atoms with Gasteiger partial charge in [-0.15, -0.1) is 0 Å². The van der Waals surface area contributed by atoms with Gasteiger partial charge in [-0.1, -0.05) is 17.8 Å². The summed E-state index contributed by atoms with van der Waals surface area (Å²) in [5.41, 5.74) is 1.41. The van der Waals surface area contributed by atoms with Crippen LogP contribution in [0, 0.1) is 0 Å². The molecule has 1 aliphatic carbocycles. The SMILES string of the molecule is CSc1nc(C(=O)N(CCCCO)C2CC2)c2ccccn12. The Morgan fingerprint density at radius 3 is 2.95 bits per heavy atom. The van der Waals surface area contributed by atoms with Crippen LogP contribution < -0.4 is 0 Å². The molecule has 3 rings (SSSR count). The number of amides is 1. The number of thioether (sulfide) groups is 1. The van der Waals surface area contributed by atoms with Gasteiger partial charge < -0.3 is 10.0 Å². The molecule has 0 bridgehead atoms. The summed E-state index contributed by atoms with van der Waals surface area (Å²) >= 11 is 1.54. The van der Waals surface area contributed by atoms with Gasteiger partial charge in [0.05, 0.1) is 5.52 Å². The van der Waals surface area contributed by atoms with Crippen LogP contribution in [0.4, 0.5) is 0 Å². The van der Waals surface area contributed by atoms with Crippen LogP contribution in [0.3, 0.4) is 0 Å². The van der Waals surface area contributed by atoms with E-state index in [0.29, 0.717) is 18.3 Å². The predicted octanol–water partition coefficient (Wildman–Crippen LogP) is 2.43. The average molecular weight is 319 g/mol. The first-order chi connectivity index (χ1) is 10.8. The fourth-order valence-corrected chi connectivity index (χ4v) is 3.22. The fourth-order valence-electron chi connectivity index (χ4n) is 2.68. The molecule has 0 saturated heterocycles. The van der Waals surface area contributed by atoms with E-state index < -0.39 is 0 Å². The van der Waals surface area contributed by atoms with Gasteiger partial charge in [0.2, 0.25) is 0 Å². The van der Waals surface area contributed by atoms with Gasteiger partial charge in [0, 0.05) is 25.4 Å². The quantitative estimate of drug-likeness (QED) is 0.629. The van der Waals surface area contributed by atoms with E-state index in [9.17, 15) is 4.79 Å². The lowest BCUT2D eigenvalue weighted by molar-refractivity contribution is 0.0733. The number of carbonyl (C=O) groups excluding carboxylic acids is 1. The molecule has 0 spiro atoms. The summed E-state index contributed by atoms with van der Waals surface area (Å²) in [6.07, 6.45) is 7.63. The number of hydrogen-bond acceptors (Lipinski definition) is 4. The summed E-state index contributed by atoms with van der Waals surface area (Å²) in [6.45, 7) is 0.876. The van der Waals surface area contributed by atoms with Gasteiger partial charge in [-0.3, -0.25) is 9.20 Å². The Morgan fingerprint density at radius 1 is 1.45 bits per heavy atom. The molecular weight excluding hydrogens is 298 g/mol. The zero-order chi connectivity index (χ0) is 15.5. The summed E-state index contributed by atoms with van der Waals surface area (Å²) in [7, 11) is 0. The van der Waals surface area contributed by atoms with Crippen LogP contribution >= 0.6 is 11.8 Å². The van der Waals surface area contributed by atoms with Gasteiger partial charge in [-0.25, -0.2) is 4.98 Å². The van der Waals surface area contributed by atoms with Crippen molar-refractivity contribution < 1.29 is 9.90 Å². The Labute approximate surface area is 134 Å². The highest BCUT2D eigenvalue weighted by Gasteiger charge is 2.34. The minimum absolute atomic E-state index is 0.0180. The van der Waals surface area contributed by atoms with Gasteiger partial charge >= 0.3 is 0 Å². The number of unbranched alkanes of at least 4 members (excludes halogenated alkanes) is 1. The second-order valence-corrected chi connectivity index (χ2v) is 6.34. The maximum Gasteiger partial charge on any atom is 0.274 e. The van der Waals surface area contributed by atoms with E-state index in [4.69, 9.17) is 5.11 Å². The van der Waals surface area contributed by atoms with E-state index in [0.717, 1.165) is 36.4 Å². The Balaban J connectivity index is 1.89. The maximum atomic E-state index is 12.9. The molecule has 0 atom stereocenters. The fraction of sp³-hybridized carbons (Fsp3) is 0.500. The first kappa shape index (κ1) is 15.4. The molecular formula is C16H21N3O2S. The lowest BCUT2D eigenvalue weighted by Gasteiger charge is -2.21. The molecule has 2 aromatic heterocycles. The van der Waals surface area contributed by atoms with Gasteiger partial charge in [0.25, 0.3) is 5.91 Å². The van der Waals surface area contributed by atoms with Crippen LogP contribution in [-0.4, -0.2) is 50.7 Å². The number of aliphatic hydroxyl groups is 1. The van der Waals surface area contributed by atoms with E-state index in [2.05, 4.69) is 4.98 Å². The number of aromatic nitrogens is 2. The van der Waals surface area contributed by atoms with Crippen LogP contribution in [0.1, 0.15) is 36.2 Å². The number of rotatable bonds is 7. The van der Waals surface area contributed by atoms with Crippen molar-refractivity contribution in [3.05, 3.63) is 30.1 Å². The van der Waals surface area contributed by atoms with Crippen molar-refractivity contribution in [2.45, 2.75) is 36.9 Å². The Hall–Kier alpha value is -1.53. The first-order valence-electron chi connectivity index (χ1n) is 7.69. The third kappa shape index (κ3) is 2.98. The van der Waals surface area contributed by atoms with Crippen molar-refractivity contribution in [1.29, 1.82) is 0 Å². The van der Waals surface area contributed by atoms with Crippen molar-refractivity contribution in [1.82, 2.24) is 14.3 Å². The Bertz CT molecular complexity index is 666. The smallest absolute Gasteiger partial charge is 0.274 e. The number of imidazole rings is 1. The van der Waals surface area contributed by atoms with Crippen molar-refractivity contribution in [3.63, 3.8) is 0 Å². The van der Waals surface area contributed by atoms with Crippen LogP contribution in [0.25, 0.3) is 5.52 Å². The number of hydrogen-bond donors (Lipinski definition) is 1. The standard InChI is InChI=1S/C16H21N3O2S/c1-22-16-17-14(13-6-2-3-10-19(13)16)15(21)18(12-7-8-12)9-4-5-11-20/h2-3,6,10,12,20H,4-5,7-9,11H2,1H3.